The zero-order valence-corrected chi connectivity index (χ0v) is 32.6. The molecule has 0 radical (unpaired) electrons. The Balaban J connectivity index is 1.53. The molecule has 0 N–H and O–H groups in total. The number of aryl methyl sites for hydroxylation is 6. The van der Waals surface area contributed by atoms with Crippen LogP contribution < -0.4 is 9.80 Å². The van der Waals surface area contributed by atoms with Gasteiger partial charge in [-0.1, -0.05) is 130 Å². The molecule has 2 nitrogen and oxygen atoms in total. The number of benzene rings is 3. The van der Waals surface area contributed by atoms with Gasteiger partial charge in [-0.25, -0.2) is 0 Å². The molecule has 1 unspecified atom stereocenters. The molecule has 4 fully saturated rings. The van der Waals surface area contributed by atoms with E-state index in [-0.39, 0.29) is 13.1 Å². The highest BCUT2D eigenvalue weighted by atomic mass is 31.1. The van der Waals surface area contributed by atoms with E-state index in [1.807, 2.05) is 0 Å². The largest absolute Gasteiger partial charge is 0.348 e. The van der Waals surface area contributed by atoms with Gasteiger partial charge in [0.05, 0.1) is 5.16 Å². The van der Waals surface area contributed by atoms with Crippen LogP contribution in [0.15, 0.2) is 60.2 Å². The first-order chi connectivity index (χ1) is 23.8. The summed E-state index contributed by atoms with van der Waals surface area (Å²) in [5, 5.41) is 0.150. The third-order valence-electron chi connectivity index (χ3n) is 12.8. The predicted octanol–water partition coefficient (Wildman–Crippen LogP) is 12.7. The van der Waals surface area contributed by atoms with Crippen LogP contribution in [0.3, 0.4) is 0 Å². The van der Waals surface area contributed by atoms with Crippen molar-refractivity contribution in [3.8, 4) is 0 Å². The van der Waals surface area contributed by atoms with Gasteiger partial charge in [-0.3, -0.25) is 0 Å². The fraction of sp³-hybridized carbons (Fsp3) is 0.565. The van der Waals surface area contributed by atoms with Crippen LogP contribution in [-0.2, 0) is 0 Å². The molecule has 3 aromatic rings. The summed E-state index contributed by atoms with van der Waals surface area (Å²) in [6.45, 7) is 16.4. The molecule has 0 spiro atoms. The maximum absolute atomic E-state index is 2.99. The minimum atomic E-state index is -0.283. The number of rotatable bonds is 7. The minimum absolute atomic E-state index is 0.150. The Hall–Kier alpha value is -2.57. The van der Waals surface area contributed by atoms with E-state index < -0.39 is 0 Å². The molecule has 3 aliphatic carbocycles. The van der Waals surface area contributed by atoms with Crippen molar-refractivity contribution >= 4 is 25.4 Å². The first kappa shape index (κ1) is 34.9. The average Bonchev–Trinajstić information content (AvgIpc) is 3.50. The molecule has 1 aliphatic heterocycles. The molecule has 262 valence electrons. The van der Waals surface area contributed by atoms with Crippen LogP contribution in [0.4, 0.5) is 11.4 Å². The molecule has 0 amide bonds. The highest BCUT2D eigenvalue weighted by molar-refractivity contribution is 7.61. The fourth-order valence-electron chi connectivity index (χ4n) is 11.3. The van der Waals surface area contributed by atoms with Crippen LogP contribution in [0.5, 0.6) is 0 Å². The lowest BCUT2D eigenvalue weighted by molar-refractivity contribution is 0.396. The van der Waals surface area contributed by atoms with Crippen molar-refractivity contribution in [3.05, 3.63) is 99.1 Å². The zero-order chi connectivity index (χ0) is 34.1. The summed E-state index contributed by atoms with van der Waals surface area (Å²) in [5.41, 5.74) is 16.6. The molecule has 1 saturated heterocycles. The lowest BCUT2D eigenvalue weighted by atomic mass is 9.79. The maximum Gasteiger partial charge on any atom is 0.115 e. The molecule has 1 heterocycles. The average molecular weight is 675 g/mol. The molecule has 0 bridgehead atoms. The van der Waals surface area contributed by atoms with Crippen LogP contribution in [-0.4, -0.2) is 35.7 Å². The molecule has 3 saturated carbocycles. The summed E-state index contributed by atoms with van der Waals surface area (Å²) >= 11 is 0. The molecule has 0 aromatic heterocycles. The Labute approximate surface area is 300 Å². The third kappa shape index (κ3) is 6.78. The quantitative estimate of drug-likeness (QED) is 0.230. The van der Waals surface area contributed by atoms with Gasteiger partial charge in [-0.05, 0) is 126 Å². The monoisotopic (exact) mass is 674 g/mol. The SMILES string of the molecule is Cc1cc(C)c(N2CCN(c3c(C)cc(C)cc3C)C2C2(P(C3CCCCC3)C3CCCCC3)CCCCC2=Cc2ccccc2)c(C)c1. The Bertz CT molecular complexity index is 1500. The Morgan fingerprint density at radius 3 is 1.53 bits per heavy atom. The molecule has 4 aliphatic rings. The van der Waals surface area contributed by atoms with E-state index in [1.165, 1.54) is 140 Å². The van der Waals surface area contributed by atoms with E-state index in [0.717, 1.165) is 24.4 Å². The third-order valence-corrected chi connectivity index (χ3v) is 17.1. The van der Waals surface area contributed by atoms with Gasteiger partial charge in [0.1, 0.15) is 6.17 Å². The summed E-state index contributed by atoms with van der Waals surface area (Å²) < 4.78 is 0. The molecule has 3 heteroatoms. The lowest BCUT2D eigenvalue weighted by Crippen LogP contribution is -2.60. The van der Waals surface area contributed by atoms with E-state index in [4.69, 9.17) is 0 Å². The molecule has 7 rings (SSSR count). The van der Waals surface area contributed by atoms with Crippen LogP contribution in [0, 0.1) is 41.5 Å². The first-order valence-corrected chi connectivity index (χ1v) is 21.5. The van der Waals surface area contributed by atoms with Gasteiger partial charge in [0, 0.05) is 24.5 Å². The van der Waals surface area contributed by atoms with Crippen LogP contribution in [0.2, 0.25) is 0 Å². The fourth-order valence-corrected chi connectivity index (χ4v) is 16.5. The Morgan fingerprint density at radius 2 is 1.06 bits per heavy atom. The predicted molar refractivity (Wildman–Crippen MR) is 216 cm³/mol. The molecular weight excluding hydrogens is 611 g/mol. The first-order valence-electron chi connectivity index (χ1n) is 20.0. The summed E-state index contributed by atoms with van der Waals surface area (Å²) in [6, 6.07) is 21.3. The highest BCUT2D eigenvalue weighted by Crippen LogP contribution is 2.71. The van der Waals surface area contributed by atoms with E-state index in [9.17, 15) is 0 Å². The molecule has 3 aromatic carbocycles. The van der Waals surface area contributed by atoms with Crippen LogP contribution in [0.25, 0.3) is 6.08 Å². The van der Waals surface area contributed by atoms with Gasteiger partial charge in [0.25, 0.3) is 0 Å². The van der Waals surface area contributed by atoms with Gasteiger partial charge < -0.3 is 9.80 Å². The van der Waals surface area contributed by atoms with Gasteiger partial charge in [0.2, 0.25) is 0 Å². The molecular formula is C46H63N2P. The van der Waals surface area contributed by atoms with E-state index >= 15 is 0 Å². The van der Waals surface area contributed by atoms with Crippen molar-refractivity contribution in [1.29, 1.82) is 0 Å². The van der Waals surface area contributed by atoms with Crippen molar-refractivity contribution in [1.82, 2.24) is 0 Å². The van der Waals surface area contributed by atoms with Crippen molar-refractivity contribution in [2.75, 3.05) is 22.9 Å². The Kier molecular flexibility index (Phi) is 10.6. The van der Waals surface area contributed by atoms with Gasteiger partial charge in [-0.15, -0.1) is 0 Å². The number of nitrogens with zero attached hydrogens (tertiary/aromatic N) is 2. The minimum Gasteiger partial charge on any atom is -0.348 e. The number of anilines is 2. The van der Waals surface area contributed by atoms with Gasteiger partial charge >= 0.3 is 0 Å². The van der Waals surface area contributed by atoms with Crippen LogP contribution in [0.1, 0.15) is 129 Å². The van der Waals surface area contributed by atoms with Crippen molar-refractivity contribution < 1.29 is 0 Å². The van der Waals surface area contributed by atoms with Crippen molar-refractivity contribution in [2.45, 2.75) is 154 Å². The number of hydrogen-bond donors (Lipinski definition) is 0. The summed E-state index contributed by atoms with van der Waals surface area (Å²) in [4.78, 5) is 5.99. The lowest BCUT2D eigenvalue weighted by Gasteiger charge is -2.59. The topological polar surface area (TPSA) is 6.48 Å². The van der Waals surface area contributed by atoms with Crippen LogP contribution >= 0.6 is 7.92 Å². The second-order valence-electron chi connectivity index (χ2n) is 16.5. The highest BCUT2D eigenvalue weighted by Gasteiger charge is 2.59. The van der Waals surface area contributed by atoms with Gasteiger partial charge in [0.15, 0.2) is 0 Å². The van der Waals surface area contributed by atoms with Crippen molar-refractivity contribution in [3.63, 3.8) is 0 Å². The standard InChI is InChI=1S/C46H63N2P/c1-33-28-35(3)43(36(4)29-33)47-26-27-48(44-37(5)30-34(2)31-38(44)6)45(47)46(25-17-16-20-40(46)32-39-18-10-7-11-19-39)49(41-21-12-8-13-22-41)42-23-14-9-15-24-42/h7,10-11,18-19,28-32,41-42,45H,8-9,12-17,20-27H2,1-6H3. The van der Waals surface area contributed by atoms with E-state index in [0.29, 0.717) is 6.17 Å². The smallest absolute Gasteiger partial charge is 0.115 e. The second kappa shape index (κ2) is 15.0. The second-order valence-corrected chi connectivity index (χ2v) is 19.5. The summed E-state index contributed by atoms with van der Waals surface area (Å²) in [7, 11) is -0.283. The van der Waals surface area contributed by atoms with Crippen molar-refractivity contribution in [2.24, 2.45) is 0 Å². The van der Waals surface area contributed by atoms with E-state index in [2.05, 4.69) is 112 Å². The molecule has 49 heavy (non-hydrogen) atoms. The Morgan fingerprint density at radius 1 is 0.592 bits per heavy atom. The van der Waals surface area contributed by atoms with E-state index in [1.54, 1.807) is 5.57 Å². The van der Waals surface area contributed by atoms with Gasteiger partial charge in [-0.2, -0.15) is 0 Å². The summed E-state index contributed by atoms with van der Waals surface area (Å²) in [6.07, 6.45) is 22.8. The molecule has 1 atom stereocenters. The normalized spacial score (nSPS) is 24.0. The summed E-state index contributed by atoms with van der Waals surface area (Å²) in [5.74, 6) is 0. The zero-order valence-electron chi connectivity index (χ0n) is 31.7. The maximum atomic E-state index is 2.99. The number of hydrogen-bond acceptors (Lipinski definition) is 2.